The second-order valence-electron chi connectivity index (χ2n) is 2.01. The van der Waals surface area contributed by atoms with Crippen LogP contribution >= 0.6 is 11.6 Å². The topological polar surface area (TPSA) is 28.1 Å². The van der Waals surface area contributed by atoms with Crippen LogP contribution in [0.5, 0.6) is 0 Å². The molecule has 0 aliphatic rings. The molecule has 0 aromatic heterocycles. The minimum absolute atomic E-state index is 0.448. The summed E-state index contributed by atoms with van der Waals surface area (Å²) in [4.78, 5) is 3.04. The van der Waals surface area contributed by atoms with Crippen LogP contribution in [0.1, 0.15) is 5.56 Å². The summed E-state index contributed by atoms with van der Waals surface area (Å²) in [7, 11) is 0. The maximum atomic E-state index is 8.44. The standard InChI is InChI=1S/C7H6ClN2/c1-5-3-2-4-6(8)7(5)10-9/h2-4H,1H3/q+1. The molecular formula is C7H6ClN2+. The van der Waals surface area contributed by atoms with E-state index in [0.29, 0.717) is 10.7 Å². The number of hydrogen-bond donors (Lipinski definition) is 0. The zero-order chi connectivity index (χ0) is 7.56. The van der Waals surface area contributed by atoms with Crippen LogP contribution in [0.25, 0.3) is 4.98 Å². The average molecular weight is 154 g/mol. The molecule has 1 aromatic carbocycles. The van der Waals surface area contributed by atoms with Gasteiger partial charge in [0.2, 0.25) is 5.39 Å². The molecule has 0 unspecified atom stereocenters. The lowest BCUT2D eigenvalue weighted by atomic mass is 10.2. The van der Waals surface area contributed by atoms with Crippen LogP contribution in [-0.2, 0) is 0 Å². The van der Waals surface area contributed by atoms with Crippen molar-refractivity contribution in [2.45, 2.75) is 6.92 Å². The van der Waals surface area contributed by atoms with Crippen molar-refractivity contribution in [3.05, 3.63) is 33.8 Å². The highest BCUT2D eigenvalue weighted by atomic mass is 35.5. The lowest BCUT2D eigenvalue weighted by Gasteiger charge is -1.86. The first-order valence-electron chi connectivity index (χ1n) is 2.86. The number of nitrogens with zero attached hydrogens (tertiary/aromatic N) is 2. The van der Waals surface area contributed by atoms with E-state index in [1.165, 1.54) is 0 Å². The molecule has 0 atom stereocenters. The summed E-state index contributed by atoms with van der Waals surface area (Å²) in [6.45, 7) is 1.83. The summed E-state index contributed by atoms with van der Waals surface area (Å²) in [6.07, 6.45) is 0. The Morgan fingerprint density at radius 1 is 1.50 bits per heavy atom. The second-order valence-corrected chi connectivity index (χ2v) is 2.41. The van der Waals surface area contributed by atoms with E-state index >= 15 is 0 Å². The highest BCUT2D eigenvalue weighted by Crippen LogP contribution is 2.27. The van der Waals surface area contributed by atoms with Gasteiger partial charge in [-0.2, -0.15) is 0 Å². The molecule has 0 saturated carbocycles. The van der Waals surface area contributed by atoms with Crippen LogP contribution in [0.4, 0.5) is 5.69 Å². The fraction of sp³-hybridized carbons (Fsp3) is 0.143. The maximum Gasteiger partial charge on any atom is 0.406 e. The smallest absolute Gasteiger partial charge is 0.0755 e. The molecule has 0 fully saturated rings. The Morgan fingerprint density at radius 3 is 2.60 bits per heavy atom. The molecule has 1 rings (SSSR count). The summed E-state index contributed by atoms with van der Waals surface area (Å²) < 4.78 is 0. The lowest BCUT2D eigenvalue weighted by molar-refractivity contribution is 1.41. The van der Waals surface area contributed by atoms with Crippen molar-refractivity contribution < 1.29 is 0 Å². The third kappa shape index (κ3) is 1.09. The van der Waals surface area contributed by atoms with Gasteiger partial charge in [0, 0.05) is 5.56 Å². The summed E-state index contributed by atoms with van der Waals surface area (Å²) in [5.41, 5.74) is 1.32. The normalized spacial score (nSPS) is 8.90. The van der Waals surface area contributed by atoms with E-state index in [1.807, 2.05) is 19.1 Å². The SMILES string of the molecule is Cc1cccc(Cl)c1[N+]#N. The van der Waals surface area contributed by atoms with Gasteiger partial charge in [-0.1, -0.05) is 23.7 Å². The number of rotatable bonds is 0. The molecule has 0 bridgehead atoms. The third-order valence-electron chi connectivity index (χ3n) is 1.29. The first kappa shape index (κ1) is 7.04. The molecule has 1 aromatic rings. The minimum atomic E-state index is 0.448. The molecular weight excluding hydrogens is 148 g/mol. The number of halogens is 1. The van der Waals surface area contributed by atoms with E-state index in [4.69, 9.17) is 17.0 Å². The molecule has 3 heteroatoms. The van der Waals surface area contributed by atoms with Gasteiger partial charge in [0.15, 0.2) is 4.98 Å². The first-order valence-corrected chi connectivity index (χ1v) is 3.23. The number of hydrogen-bond acceptors (Lipinski definition) is 1. The van der Waals surface area contributed by atoms with Gasteiger partial charge in [-0.05, 0) is 13.0 Å². The van der Waals surface area contributed by atoms with Crippen LogP contribution < -0.4 is 0 Å². The number of benzene rings is 1. The zero-order valence-corrected chi connectivity index (χ0v) is 6.26. The van der Waals surface area contributed by atoms with Gasteiger partial charge in [0.05, 0.1) is 0 Å². The van der Waals surface area contributed by atoms with Crippen molar-refractivity contribution in [2.75, 3.05) is 0 Å². The Bertz CT molecular complexity index is 268. The molecule has 2 nitrogen and oxygen atoms in total. The summed E-state index contributed by atoms with van der Waals surface area (Å²) in [5.74, 6) is 0. The fourth-order valence-corrected chi connectivity index (χ4v) is 1.01. The summed E-state index contributed by atoms with van der Waals surface area (Å²) in [5, 5.41) is 8.91. The second kappa shape index (κ2) is 2.68. The van der Waals surface area contributed by atoms with Gasteiger partial charge in [0.1, 0.15) is 5.02 Å². The summed E-state index contributed by atoms with van der Waals surface area (Å²) >= 11 is 5.68. The van der Waals surface area contributed by atoms with Crippen LogP contribution in [0.2, 0.25) is 5.02 Å². The maximum absolute atomic E-state index is 8.44. The highest BCUT2D eigenvalue weighted by Gasteiger charge is 2.13. The number of aryl methyl sites for hydroxylation is 1. The Balaban J connectivity index is 3.34. The molecule has 0 aliphatic heterocycles. The van der Waals surface area contributed by atoms with Gasteiger partial charge >= 0.3 is 5.69 Å². The predicted molar refractivity (Wildman–Crippen MR) is 40.9 cm³/mol. The van der Waals surface area contributed by atoms with E-state index in [2.05, 4.69) is 4.98 Å². The Morgan fingerprint density at radius 2 is 2.20 bits per heavy atom. The van der Waals surface area contributed by atoms with Crippen molar-refractivity contribution in [2.24, 2.45) is 0 Å². The molecule has 0 spiro atoms. The molecule has 0 saturated heterocycles. The van der Waals surface area contributed by atoms with Gasteiger partial charge in [0.25, 0.3) is 0 Å². The van der Waals surface area contributed by atoms with Gasteiger partial charge in [-0.25, -0.2) is 0 Å². The molecule has 0 radical (unpaired) electrons. The third-order valence-corrected chi connectivity index (χ3v) is 1.59. The Kier molecular flexibility index (Phi) is 1.88. The Labute approximate surface area is 64.1 Å². The minimum Gasteiger partial charge on any atom is -0.0755 e. The van der Waals surface area contributed by atoms with E-state index in [9.17, 15) is 0 Å². The van der Waals surface area contributed by atoms with Crippen molar-refractivity contribution in [3.8, 4) is 0 Å². The van der Waals surface area contributed by atoms with E-state index < -0.39 is 0 Å². The highest BCUT2D eigenvalue weighted by molar-refractivity contribution is 6.33. The first-order chi connectivity index (χ1) is 4.75. The fourth-order valence-electron chi connectivity index (χ4n) is 0.750. The Hall–Kier alpha value is -1.07. The molecule has 0 heterocycles. The molecule has 50 valence electrons. The lowest BCUT2D eigenvalue weighted by Crippen LogP contribution is -1.71. The average Bonchev–Trinajstić information content (AvgIpc) is 1.88. The van der Waals surface area contributed by atoms with Gasteiger partial charge < -0.3 is 0 Å². The largest absolute Gasteiger partial charge is 0.406 e. The van der Waals surface area contributed by atoms with Crippen molar-refractivity contribution in [3.63, 3.8) is 0 Å². The summed E-state index contributed by atoms with van der Waals surface area (Å²) in [6, 6.07) is 5.33. The van der Waals surface area contributed by atoms with Crippen molar-refractivity contribution in [1.82, 2.24) is 0 Å². The zero-order valence-electron chi connectivity index (χ0n) is 5.50. The van der Waals surface area contributed by atoms with Crippen molar-refractivity contribution >= 4 is 17.3 Å². The molecule has 0 N–H and O–H groups in total. The van der Waals surface area contributed by atoms with E-state index in [-0.39, 0.29) is 0 Å². The van der Waals surface area contributed by atoms with Crippen LogP contribution in [0.3, 0.4) is 0 Å². The monoisotopic (exact) mass is 153 g/mol. The van der Waals surface area contributed by atoms with Crippen LogP contribution in [-0.4, -0.2) is 0 Å². The van der Waals surface area contributed by atoms with Crippen molar-refractivity contribution in [1.29, 1.82) is 5.39 Å². The van der Waals surface area contributed by atoms with Crippen LogP contribution in [0, 0.1) is 12.3 Å². The van der Waals surface area contributed by atoms with E-state index in [0.717, 1.165) is 5.56 Å². The van der Waals surface area contributed by atoms with Gasteiger partial charge in [-0.15, -0.1) is 0 Å². The molecule has 10 heavy (non-hydrogen) atoms. The molecule has 0 aliphatic carbocycles. The van der Waals surface area contributed by atoms with Crippen LogP contribution in [0.15, 0.2) is 18.2 Å². The quantitative estimate of drug-likeness (QED) is 0.527. The number of diazo groups is 1. The predicted octanol–water partition coefficient (Wildman–Crippen LogP) is 3.13. The van der Waals surface area contributed by atoms with Gasteiger partial charge in [-0.3, -0.25) is 0 Å². The molecule has 0 amide bonds. The van der Waals surface area contributed by atoms with E-state index in [1.54, 1.807) is 6.07 Å².